The molecule has 0 amide bonds. The van der Waals surface area contributed by atoms with Gasteiger partial charge in [0.25, 0.3) is 0 Å². The zero-order valence-electron chi connectivity index (χ0n) is 12.0. The van der Waals surface area contributed by atoms with Gasteiger partial charge in [-0.3, -0.25) is 0 Å². The standard InChI is InChI=1S/C16H23BrN2O/c1-16(20)6-8-19(9-7-16)15-5-2-12(10-14(15)17)11-18-13-3-4-13/h2,5,10,13,18,20H,3-4,6-9,11H2,1H3. The number of aliphatic hydroxyl groups is 1. The highest BCUT2D eigenvalue weighted by Crippen LogP contribution is 2.32. The number of halogens is 1. The number of piperidine rings is 1. The molecule has 20 heavy (non-hydrogen) atoms. The summed E-state index contributed by atoms with van der Waals surface area (Å²) in [6, 6.07) is 7.38. The van der Waals surface area contributed by atoms with E-state index >= 15 is 0 Å². The van der Waals surface area contributed by atoms with E-state index in [0.29, 0.717) is 0 Å². The zero-order valence-corrected chi connectivity index (χ0v) is 13.6. The fourth-order valence-electron chi connectivity index (χ4n) is 2.70. The average molecular weight is 339 g/mol. The summed E-state index contributed by atoms with van der Waals surface area (Å²) in [6.07, 6.45) is 4.33. The van der Waals surface area contributed by atoms with Crippen LogP contribution in [0.25, 0.3) is 0 Å². The van der Waals surface area contributed by atoms with Crippen LogP contribution in [-0.2, 0) is 6.54 Å². The lowest BCUT2D eigenvalue weighted by molar-refractivity contribution is 0.0351. The van der Waals surface area contributed by atoms with Gasteiger partial charge >= 0.3 is 0 Å². The van der Waals surface area contributed by atoms with Gasteiger partial charge in [0.15, 0.2) is 0 Å². The van der Waals surface area contributed by atoms with Crippen LogP contribution >= 0.6 is 15.9 Å². The Labute approximate surface area is 129 Å². The van der Waals surface area contributed by atoms with Crippen LogP contribution in [0.2, 0.25) is 0 Å². The molecule has 0 bridgehead atoms. The maximum absolute atomic E-state index is 10.0. The Morgan fingerprint density at radius 2 is 2.05 bits per heavy atom. The molecule has 1 aliphatic carbocycles. The molecule has 1 heterocycles. The van der Waals surface area contributed by atoms with Gasteiger partial charge < -0.3 is 15.3 Å². The Bertz CT molecular complexity index is 475. The van der Waals surface area contributed by atoms with E-state index in [1.807, 2.05) is 6.92 Å². The van der Waals surface area contributed by atoms with Gasteiger partial charge in [-0.15, -0.1) is 0 Å². The second kappa shape index (κ2) is 5.66. The number of benzene rings is 1. The molecule has 2 N–H and O–H groups in total. The molecule has 2 aliphatic rings. The predicted molar refractivity (Wildman–Crippen MR) is 86.1 cm³/mol. The van der Waals surface area contributed by atoms with Crippen molar-refractivity contribution < 1.29 is 5.11 Å². The molecular formula is C16H23BrN2O. The van der Waals surface area contributed by atoms with Crippen molar-refractivity contribution in [1.82, 2.24) is 5.32 Å². The van der Waals surface area contributed by atoms with Crippen molar-refractivity contribution in [3.63, 3.8) is 0 Å². The van der Waals surface area contributed by atoms with Gasteiger partial charge in [-0.2, -0.15) is 0 Å². The Morgan fingerprint density at radius 3 is 2.65 bits per heavy atom. The van der Waals surface area contributed by atoms with Gasteiger partial charge in [-0.1, -0.05) is 6.07 Å². The smallest absolute Gasteiger partial charge is 0.0653 e. The minimum Gasteiger partial charge on any atom is -0.390 e. The normalized spacial score (nSPS) is 22.1. The maximum atomic E-state index is 10.0. The molecule has 0 aromatic heterocycles. The fourth-order valence-corrected chi connectivity index (χ4v) is 3.37. The van der Waals surface area contributed by atoms with Crippen molar-refractivity contribution in [2.75, 3.05) is 18.0 Å². The Morgan fingerprint density at radius 1 is 1.35 bits per heavy atom. The number of nitrogens with one attached hydrogen (secondary N) is 1. The van der Waals surface area contributed by atoms with E-state index in [0.717, 1.165) is 43.0 Å². The van der Waals surface area contributed by atoms with Crippen LogP contribution in [0.15, 0.2) is 22.7 Å². The van der Waals surface area contributed by atoms with Crippen LogP contribution in [0, 0.1) is 0 Å². The summed E-state index contributed by atoms with van der Waals surface area (Å²) in [4.78, 5) is 2.36. The maximum Gasteiger partial charge on any atom is 0.0653 e. The van der Waals surface area contributed by atoms with Crippen molar-refractivity contribution in [2.45, 2.75) is 50.8 Å². The molecule has 0 atom stereocenters. The largest absolute Gasteiger partial charge is 0.390 e. The minimum absolute atomic E-state index is 0.489. The highest BCUT2D eigenvalue weighted by atomic mass is 79.9. The van der Waals surface area contributed by atoms with E-state index in [1.54, 1.807) is 0 Å². The third-order valence-electron chi connectivity index (χ3n) is 4.37. The minimum atomic E-state index is -0.489. The molecule has 1 aromatic rings. The summed E-state index contributed by atoms with van der Waals surface area (Å²) in [7, 11) is 0. The summed E-state index contributed by atoms with van der Waals surface area (Å²) in [5.74, 6) is 0. The number of nitrogens with zero attached hydrogens (tertiary/aromatic N) is 1. The van der Waals surface area contributed by atoms with Gasteiger partial charge in [0.05, 0.1) is 11.3 Å². The molecule has 1 saturated carbocycles. The highest BCUT2D eigenvalue weighted by Gasteiger charge is 2.28. The van der Waals surface area contributed by atoms with E-state index in [1.165, 1.54) is 24.1 Å². The van der Waals surface area contributed by atoms with Crippen LogP contribution < -0.4 is 10.2 Å². The Kier molecular flexibility index (Phi) is 4.07. The third kappa shape index (κ3) is 3.54. The third-order valence-corrected chi connectivity index (χ3v) is 5.00. The summed E-state index contributed by atoms with van der Waals surface area (Å²) in [6.45, 7) is 4.74. The summed E-state index contributed by atoms with van der Waals surface area (Å²) in [5, 5.41) is 13.6. The lowest BCUT2D eigenvalue weighted by Crippen LogP contribution is -2.42. The van der Waals surface area contributed by atoms with Gasteiger partial charge in [0.2, 0.25) is 0 Å². The molecule has 2 fully saturated rings. The van der Waals surface area contributed by atoms with Crippen LogP contribution in [0.5, 0.6) is 0 Å². The molecule has 0 radical (unpaired) electrons. The number of anilines is 1. The zero-order chi connectivity index (χ0) is 14.2. The Balaban J connectivity index is 1.64. The van der Waals surface area contributed by atoms with E-state index in [-0.39, 0.29) is 0 Å². The predicted octanol–water partition coefficient (Wildman–Crippen LogP) is 3.05. The quantitative estimate of drug-likeness (QED) is 0.885. The van der Waals surface area contributed by atoms with Crippen molar-refractivity contribution in [2.24, 2.45) is 0 Å². The lowest BCUT2D eigenvalue weighted by atomic mass is 9.93. The molecule has 0 spiro atoms. The average Bonchev–Trinajstić information content (AvgIpc) is 3.21. The number of hydrogen-bond acceptors (Lipinski definition) is 3. The molecule has 3 rings (SSSR count). The van der Waals surface area contributed by atoms with Crippen molar-refractivity contribution in [3.05, 3.63) is 28.2 Å². The summed E-state index contributed by atoms with van der Waals surface area (Å²) in [5.41, 5.74) is 2.09. The molecule has 3 nitrogen and oxygen atoms in total. The van der Waals surface area contributed by atoms with Gasteiger partial charge in [0.1, 0.15) is 0 Å². The van der Waals surface area contributed by atoms with Crippen LogP contribution in [0.4, 0.5) is 5.69 Å². The summed E-state index contributed by atoms with van der Waals surface area (Å²) < 4.78 is 1.16. The van der Waals surface area contributed by atoms with Gasteiger partial charge in [0, 0.05) is 30.1 Å². The molecule has 1 saturated heterocycles. The van der Waals surface area contributed by atoms with Gasteiger partial charge in [-0.25, -0.2) is 0 Å². The second-order valence-corrected chi connectivity index (χ2v) is 7.28. The van der Waals surface area contributed by atoms with Gasteiger partial charge in [-0.05, 0) is 66.2 Å². The molecule has 1 aromatic carbocycles. The van der Waals surface area contributed by atoms with E-state index in [2.05, 4.69) is 44.3 Å². The van der Waals surface area contributed by atoms with Crippen molar-refractivity contribution in [3.8, 4) is 0 Å². The van der Waals surface area contributed by atoms with Crippen molar-refractivity contribution in [1.29, 1.82) is 0 Å². The number of rotatable bonds is 4. The second-order valence-electron chi connectivity index (χ2n) is 6.42. The SMILES string of the molecule is CC1(O)CCN(c2ccc(CNC3CC3)cc2Br)CC1. The fraction of sp³-hybridized carbons (Fsp3) is 0.625. The monoisotopic (exact) mass is 338 g/mol. The van der Waals surface area contributed by atoms with Crippen LogP contribution in [-0.4, -0.2) is 29.8 Å². The molecule has 110 valence electrons. The molecule has 1 aliphatic heterocycles. The van der Waals surface area contributed by atoms with E-state index in [4.69, 9.17) is 0 Å². The summed E-state index contributed by atoms with van der Waals surface area (Å²) >= 11 is 3.70. The molecular weight excluding hydrogens is 316 g/mol. The van der Waals surface area contributed by atoms with E-state index < -0.39 is 5.60 Å². The van der Waals surface area contributed by atoms with E-state index in [9.17, 15) is 5.11 Å². The van der Waals surface area contributed by atoms with Crippen LogP contribution in [0.3, 0.4) is 0 Å². The highest BCUT2D eigenvalue weighted by molar-refractivity contribution is 9.10. The number of hydrogen-bond donors (Lipinski definition) is 2. The topological polar surface area (TPSA) is 35.5 Å². The molecule has 0 unspecified atom stereocenters. The van der Waals surface area contributed by atoms with Crippen LogP contribution in [0.1, 0.15) is 38.2 Å². The first kappa shape index (κ1) is 14.4. The first-order chi connectivity index (χ1) is 9.53. The van der Waals surface area contributed by atoms with Crippen molar-refractivity contribution >= 4 is 21.6 Å². The first-order valence-electron chi connectivity index (χ1n) is 7.53. The molecule has 4 heteroatoms. The Hall–Kier alpha value is -0.580. The first-order valence-corrected chi connectivity index (χ1v) is 8.32. The lowest BCUT2D eigenvalue weighted by Gasteiger charge is -2.37.